The first kappa shape index (κ1) is 24.0. The number of benzene rings is 1. The van der Waals surface area contributed by atoms with E-state index < -0.39 is 11.9 Å². The van der Waals surface area contributed by atoms with Crippen molar-refractivity contribution in [2.75, 3.05) is 13.2 Å². The summed E-state index contributed by atoms with van der Waals surface area (Å²) in [7, 11) is 0. The van der Waals surface area contributed by atoms with Crippen LogP contribution in [0.5, 0.6) is 5.75 Å². The van der Waals surface area contributed by atoms with Crippen LogP contribution in [0.15, 0.2) is 30.9 Å². The van der Waals surface area contributed by atoms with E-state index in [0.717, 1.165) is 37.8 Å². The molecule has 2 aromatic rings. The molecule has 11 heteroatoms. The summed E-state index contributed by atoms with van der Waals surface area (Å²) in [4.78, 5) is 53.0. The first-order chi connectivity index (χ1) is 17.5. The molecule has 1 aromatic heterocycles. The van der Waals surface area contributed by atoms with Crippen LogP contribution in [-0.4, -0.2) is 73.4 Å². The number of carbonyl (C=O) groups is 4. The number of nitrogens with zero attached hydrogens (tertiary/aromatic N) is 5. The Hall–Kier alpha value is -3.76. The average molecular weight is 495 g/mol. The molecule has 1 N–H and O–H groups in total. The van der Waals surface area contributed by atoms with Crippen LogP contribution in [0.4, 0.5) is 0 Å². The minimum Gasteiger partial charge on any atom is -0.491 e. The normalized spacial score (nSPS) is 21.9. The van der Waals surface area contributed by atoms with E-state index in [1.807, 2.05) is 15.5 Å². The summed E-state index contributed by atoms with van der Waals surface area (Å²) in [5, 5.41) is 9.89. The van der Waals surface area contributed by atoms with E-state index in [0.29, 0.717) is 43.9 Å². The van der Waals surface area contributed by atoms with Gasteiger partial charge in [-0.1, -0.05) is 0 Å². The summed E-state index contributed by atoms with van der Waals surface area (Å²) in [6, 6.07) is 4.70. The van der Waals surface area contributed by atoms with Crippen molar-refractivity contribution >= 4 is 23.6 Å². The lowest BCUT2D eigenvalue weighted by Crippen LogP contribution is -2.52. The molecule has 0 radical (unpaired) electrons. The molecule has 3 aliphatic heterocycles. The van der Waals surface area contributed by atoms with Gasteiger partial charge in [0.2, 0.25) is 17.7 Å². The Labute approximate surface area is 208 Å². The van der Waals surface area contributed by atoms with Gasteiger partial charge in [0.1, 0.15) is 31.1 Å². The highest BCUT2D eigenvalue weighted by molar-refractivity contribution is 6.05. The molecule has 2 atom stereocenters. The van der Waals surface area contributed by atoms with Crippen LogP contribution in [0.3, 0.4) is 0 Å². The first-order valence-corrected chi connectivity index (χ1v) is 12.5. The predicted molar refractivity (Wildman–Crippen MR) is 127 cm³/mol. The maximum Gasteiger partial charge on any atom is 0.255 e. The fourth-order valence-electron chi connectivity index (χ4n) is 5.23. The number of hydrogen-bond donors (Lipinski definition) is 1. The highest BCUT2D eigenvalue weighted by atomic mass is 16.5. The second kappa shape index (κ2) is 10.5. The lowest BCUT2D eigenvalue weighted by molar-refractivity contribution is -0.137. The number of likely N-dealkylation sites (tertiary alicyclic amines) is 1. The van der Waals surface area contributed by atoms with Crippen molar-refractivity contribution in [2.24, 2.45) is 0 Å². The molecule has 36 heavy (non-hydrogen) atoms. The van der Waals surface area contributed by atoms with Crippen molar-refractivity contribution in [1.29, 1.82) is 0 Å². The number of hydrogen-bond acceptors (Lipinski definition) is 7. The molecule has 4 heterocycles. The third kappa shape index (κ3) is 5.09. The number of fused-ring (bicyclic) bond motifs is 1. The molecular weight excluding hydrogens is 464 g/mol. The lowest BCUT2D eigenvalue weighted by atomic mass is 10.0. The van der Waals surface area contributed by atoms with Crippen LogP contribution in [-0.2, 0) is 27.5 Å². The smallest absolute Gasteiger partial charge is 0.255 e. The predicted octanol–water partition coefficient (Wildman–Crippen LogP) is 1.28. The number of amides is 4. The molecule has 0 bridgehead atoms. The standard InChI is InChI=1S/C25H30N6O5/c32-22-9-8-21(24(34)28-22)31-13-17-12-19(6-7-20(17)25(31)35)36-14-18-4-1-2-11-30(18)23(33)5-3-10-29-15-26-27-16-29/h6-7,12,15-16,18,21H,1-5,8-11,13-14H2,(H,28,32,34)/t18-,21?/m1/s1. The minimum atomic E-state index is -0.640. The monoisotopic (exact) mass is 494 g/mol. The molecule has 0 aliphatic carbocycles. The van der Waals surface area contributed by atoms with Crippen molar-refractivity contribution in [2.45, 2.75) is 70.1 Å². The third-order valence-corrected chi connectivity index (χ3v) is 7.16. The van der Waals surface area contributed by atoms with Crippen molar-refractivity contribution < 1.29 is 23.9 Å². The Bertz CT molecular complexity index is 1150. The Morgan fingerprint density at radius 2 is 1.94 bits per heavy atom. The fourth-order valence-corrected chi connectivity index (χ4v) is 5.23. The van der Waals surface area contributed by atoms with Gasteiger partial charge in [-0.2, -0.15) is 0 Å². The molecule has 3 aliphatic rings. The summed E-state index contributed by atoms with van der Waals surface area (Å²) in [6.07, 6.45) is 7.98. The van der Waals surface area contributed by atoms with Gasteiger partial charge in [0.15, 0.2) is 0 Å². The van der Waals surface area contributed by atoms with E-state index in [9.17, 15) is 19.2 Å². The van der Waals surface area contributed by atoms with Gasteiger partial charge in [-0.3, -0.25) is 24.5 Å². The zero-order valence-electron chi connectivity index (χ0n) is 20.1. The molecule has 1 unspecified atom stereocenters. The molecule has 0 spiro atoms. The fraction of sp³-hybridized carbons (Fsp3) is 0.520. The number of piperidine rings is 2. The first-order valence-electron chi connectivity index (χ1n) is 12.5. The van der Waals surface area contributed by atoms with Crippen LogP contribution in [0.1, 0.15) is 60.9 Å². The van der Waals surface area contributed by atoms with E-state index in [1.54, 1.807) is 24.8 Å². The molecule has 5 rings (SSSR count). The lowest BCUT2D eigenvalue weighted by Gasteiger charge is -2.35. The minimum absolute atomic E-state index is 0.0102. The molecular formula is C25H30N6O5. The molecule has 190 valence electrons. The van der Waals surface area contributed by atoms with Crippen LogP contribution in [0.25, 0.3) is 0 Å². The van der Waals surface area contributed by atoms with Gasteiger partial charge >= 0.3 is 0 Å². The van der Waals surface area contributed by atoms with Crippen LogP contribution in [0, 0.1) is 0 Å². The Morgan fingerprint density at radius 3 is 2.75 bits per heavy atom. The van der Waals surface area contributed by atoms with Crippen LogP contribution >= 0.6 is 0 Å². The number of nitrogens with one attached hydrogen (secondary N) is 1. The Balaban J connectivity index is 1.17. The Kier molecular flexibility index (Phi) is 6.97. The van der Waals surface area contributed by atoms with Gasteiger partial charge in [0, 0.05) is 38.0 Å². The van der Waals surface area contributed by atoms with Crippen LogP contribution < -0.4 is 10.1 Å². The molecule has 2 saturated heterocycles. The van der Waals surface area contributed by atoms with Gasteiger partial charge in [-0.25, -0.2) is 0 Å². The van der Waals surface area contributed by atoms with E-state index >= 15 is 0 Å². The van der Waals surface area contributed by atoms with E-state index in [1.165, 1.54) is 4.90 Å². The summed E-state index contributed by atoms with van der Waals surface area (Å²) >= 11 is 0. The second-order valence-corrected chi connectivity index (χ2v) is 9.57. The van der Waals surface area contributed by atoms with Gasteiger partial charge in [0.25, 0.3) is 5.91 Å². The second-order valence-electron chi connectivity index (χ2n) is 9.57. The Morgan fingerprint density at radius 1 is 1.11 bits per heavy atom. The zero-order valence-corrected chi connectivity index (χ0v) is 20.1. The highest BCUT2D eigenvalue weighted by Crippen LogP contribution is 2.30. The van der Waals surface area contributed by atoms with Crippen LogP contribution in [0.2, 0.25) is 0 Å². The van der Waals surface area contributed by atoms with Gasteiger partial charge in [-0.15, -0.1) is 10.2 Å². The number of imide groups is 1. The van der Waals surface area contributed by atoms with Crippen molar-refractivity contribution in [3.63, 3.8) is 0 Å². The molecule has 1 aromatic carbocycles. The van der Waals surface area contributed by atoms with E-state index in [4.69, 9.17) is 4.74 Å². The van der Waals surface area contributed by atoms with Gasteiger partial charge < -0.3 is 19.1 Å². The molecule has 0 saturated carbocycles. The summed E-state index contributed by atoms with van der Waals surface area (Å²) in [5.74, 6) is -0.163. The van der Waals surface area contributed by atoms with Crippen molar-refractivity contribution in [3.8, 4) is 5.75 Å². The number of rotatable bonds is 8. The zero-order chi connectivity index (χ0) is 25.1. The molecule has 2 fully saturated rings. The van der Waals surface area contributed by atoms with Crippen molar-refractivity contribution in [3.05, 3.63) is 42.0 Å². The number of carbonyl (C=O) groups excluding carboxylic acids is 4. The summed E-state index contributed by atoms with van der Waals surface area (Å²) < 4.78 is 7.96. The number of ether oxygens (including phenoxy) is 1. The summed E-state index contributed by atoms with van der Waals surface area (Å²) in [6.45, 7) is 2.13. The largest absolute Gasteiger partial charge is 0.491 e. The highest BCUT2D eigenvalue weighted by Gasteiger charge is 2.39. The van der Waals surface area contributed by atoms with Gasteiger partial charge in [-0.05, 0) is 55.9 Å². The van der Waals surface area contributed by atoms with E-state index in [-0.39, 0.29) is 30.2 Å². The number of aryl methyl sites for hydroxylation is 1. The van der Waals surface area contributed by atoms with Gasteiger partial charge in [0.05, 0.1) is 6.04 Å². The van der Waals surface area contributed by atoms with Crippen molar-refractivity contribution in [1.82, 2.24) is 29.9 Å². The molecule has 4 amide bonds. The maximum absolute atomic E-state index is 12.9. The SMILES string of the molecule is O=C1CCC(N2Cc3cc(OC[C@H]4CCCCN4C(=O)CCCn4cnnc4)ccc3C2=O)C(=O)N1. The third-order valence-electron chi connectivity index (χ3n) is 7.16. The maximum atomic E-state index is 12.9. The quantitative estimate of drug-likeness (QED) is 0.548. The topological polar surface area (TPSA) is 127 Å². The molecule has 11 nitrogen and oxygen atoms in total. The average Bonchev–Trinajstić information content (AvgIpc) is 3.51. The van der Waals surface area contributed by atoms with E-state index in [2.05, 4.69) is 15.5 Å². The number of aromatic nitrogens is 3. The summed E-state index contributed by atoms with van der Waals surface area (Å²) in [5.41, 5.74) is 1.35.